The number of nitrogens with zero attached hydrogens (tertiary/aromatic N) is 3. The number of anilines is 1. The molecule has 0 saturated carbocycles. The van der Waals surface area contributed by atoms with E-state index in [9.17, 15) is 0 Å². The van der Waals surface area contributed by atoms with Gasteiger partial charge in [-0.2, -0.15) is 5.10 Å². The van der Waals surface area contributed by atoms with Crippen LogP contribution in [0.5, 0.6) is 0 Å². The summed E-state index contributed by atoms with van der Waals surface area (Å²) in [5.74, 6) is 0.660. The van der Waals surface area contributed by atoms with Crippen molar-refractivity contribution in [1.29, 1.82) is 0 Å². The van der Waals surface area contributed by atoms with Crippen molar-refractivity contribution in [1.82, 2.24) is 14.8 Å². The predicted molar refractivity (Wildman–Crippen MR) is 75.9 cm³/mol. The first-order valence-electron chi connectivity index (χ1n) is 6.06. The van der Waals surface area contributed by atoms with Gasteiger partial charge in [-0.25, -0.2) is 9.67 Å². The number of rotatable bonds is 2. The molecule has 2 heterocycles. The van der Waals surface area contributed by atoms with Crippen LogP contribution in [0.15, 0.2) is 55.0 Å². The van der Waals surface area contributed by atoms with Crippen LogP contribution in [-0.4, -0.2) is 14.8 Å². The highest BCUT2D eigenvalue weighted by molar-refractivity contribution is 5.63. The number of nitrogen functional groups attached to an aromatic ring is 1. The number of hydrogen-bond donors (Lipinski definition) is 1. The van der Waals surface area contributed by atoms with Crippen molar-refractivity contribution in [2.24, 2.45) is 0 Å². The van der Waals surface area contributed by atoms with Crippen LogP contribution >= 0.6 is 0 Å². The molecule has 0 aliphatic rings. The molecule has 19 heavy (non-hydrogen) atoms. The van der Waals surface area contributed by atoms with Crippen molar-refractivity contribution in [2.75, 3.05) is 5.73 Å². The van der Waals surface area contributed by atoms with Gasteiger partial charge in [0.2, 0.25) is 0 Å². The van der Waals surface area contributed by atoms with Gasteiger partial charge in [-0.05, 0) is 24.1 Å². The molecule has 4 heteroatoms. The number of hydrogen-bond acceptors (Lipinski definition) is 3. The van der Waals surface area contributed by atoms with Crippen molar-refractivity contribution in [3.05, 3.63) is 60.6 Å². The second kappa shape index (κ2) is 4.57. The van der Waals surface area contributed by atoms with Crippen LogP contribution in [0.4, 0.5) is 5.69 Å². The van der Waals surface area contributed by atoms with Crippen molar-refractivity contribution >= 4 is 5.69 Å². The Labute approximate surface area is 111 Å². The van der Waals surface area contributed by atoms with E-state index in [1.54, 1.807) is 10.9 Å². The lowest BCUT2D eigenvalue weighted by Gasteiger charge is -2.04. The predicted octanol–water partition coefficient (Wildman–Crippen LogP) is 2.82. The van der Waals surface area contributed by atoms with E-state index in [2.05, 4.69) is 10.1 Å². The van der Waals surface area contributed by atoms with E-state index >= 15 is 0 Å². The minimum atomic E-state index is 0.628. The highest BCUT2D eigenvalue weighted by atomic mass is 15.3. The van der Waals surface area contributed by atoms with Gasteiger partial charge in [-0.3, -0.25) is 0 Å². The average molecular weight is 250 g/mol. The fraction of sp³-hybridized carbons (Fsp3) is 0.0667. The minimum Gasteiger partial charge on any atom is -0.396 e. The Morgan fingerprint density at radius 2 is 1.84 bits per heavy atom. The third-order valence-corrected chi connectivity index (χ3v) is 2.94. The summed E-state index contributed by atoms with van der Waals surface area (Å²) in [6.07, 6.45) is 5.54. The van der Waals surface area contributed by atoms with E-state index in [4.69, 9.17) is 5.73 Å². The Bertz CT molecular complexity index is 701. The Hall–Kier alpha value is -2.62. The minimum absolute atomic E-state index is 0.628. The quantitative estimate of drug-likeness (QED) is 0.760. The molecule has 0 spiro atoms. The molecule has 0 fully saturated rings. The zero-order chi connectivity index (χ0) is 13.2. The fourth-order valence-corrected chi connectivity index (χ4v) is 1.99. The van der Waals surface area contributed by atoms with Crippen LogP contribution in [0, 0.1) is 6.92 Å². The first kappa shape index (κ1) is 11.5. The highest BCUT2D eigenvalue weighted by Gasteiger charge is 2.07. The third kappa shape index (κ3) is 2.20. The van der Waals surface area contributed by atoms with E-state index in [-0.39, 0.29) is 0 Å². The number of aromatic nitrogens is 3. The molecule has 0 radical (unpaired) electrons. The van der Waals surface area contributed by atoms with Crippen LogP contribution in [-0.2, 0) is 0 Å². The monoisotopic (exact) mass is 250 g/mol. The highest BCUT2D eigenvalue weighted by Crippen LogP contribution is 2.21. The molecule has 3 aromatic rings. The summed E-state index contributed by atoms with van der Waals surface area (Å²) < 4.78 is 1.71. The first-order chi connectivity index (χ1) is 9.24. The van der Waals surface area contributed by atoms with Gasteiger partial charge in [0.1, 0.15) is 0 Å². The van der Waals surface area contributed by atoms with Gasteiger partial charge < -0.3 is 5.73 Å². The van der Waals surface area contributed by atoms with Gasteiger partial charge in [0.15, 0.2) is 5.82 Å². The van der Waals surface area contributed by atoms with Gasteiger partial charge in [0.25, 0.3) is 0 Å². The average Bonchev–Trinajstić information content (AvgIpc) is 2.89. The molecular formula is C15H14N4. The molecule has 0 atom stereocenters. The Kier molecular flexibility index (Phi) is 2.76. The van der Waals surface area contributed by atoms with Crippen molar-refractivity contribution < 1.29 is 0 Å². The molecule has 2 aromatic heterocycles. The van der Waals surface area contributed by atoms with E-state index in [1.165, 1.54) is 0 Å². The van der Waals surface area contributed by atoms with E-state index < -0.39 is 0 Å². The largest absolute Gasteiger partial charge is 0.396 e. The van der Waals surface area contributed by atoms with Gasteiger partial charge in [0, 0.05) is 18.0 Å². The smallest absolute Gasteiger partial charge is 0.176 e. The summed E-state index contributed by atoms with van der Waals surface area (Å²) in [4.78, 5) is 4.33. The number of aryl methyl sites for hydroxylation is 1. The maximum absolute atomic E-state index is 5.98. The summed E-state index contributed by atoms with van der Waals surface area (Å²) in [5, 5.41) is 4.33. The normalized spacial score (nSPS) is 10.6. The number of benzene rings is 1. The number of pyridine rings is 1. The topological polar surface area (TPSA) is 56.7 Å². The van der Waals surface area contributed by atoms with E-state index in [0.29, 0.717) is 11.5 Å². The van der Waals surface area contributed by atoms with Crippen LogP contribution in [0.25, 0.3) is 16.9 Å². The Morgan fingerprint density at radius 3 is 2.58 bits per heavy atom. The van der Waals surface area contributed by atoms with Crippen molar-refractivity contribution in [3.63, 3.8) is 0 Å². The molecule has 4 nitrogen and oxygen atoms in total. The van der Waals surface area contributed by atoms with Crippen molar-refractivity contribution in [3.8, 4) is 16.9 Å². The fourth-order valence-electron chi connectivity index (χ4n) is 1.99. The molecule has 0 unspecified atom stereocenters. The van der Waals surface area contributed by atoms with Crippen molar-refractivity contribution in [2.45, 2.75) is 6.92 Å². The lowest BCUT2D eigenvalue weighted by atomic mass is 10.1. The van der Waals surface area contributed by atoms with Gasteiger partial charge in [0.05, 0.1) is 11.9 Å². The molecule has 0 saturated heterocycles. The zero-order valence-electron chi connectivity index (χ0n) is 10.6. The van der Waals surface area contributed by atoms with Gasteiger partial charge in [-0.1, -0.05) is 30.3 Å². The molecule has 3 rings (SSSR count). The van der Waals surface area contributed by atoms with Crippen LogP contribution in [0.3, 0.4) is 0 Å². The lowest BCUT2D eigenvalue weighted by Crippen LogP contribution is -2.03. The standard InChI is InChI=1S/C15H14N4/c1-11-7-14(16)15(17-8-11)19-10-13(9-18-19)12-5-3-2-4-6-12/h2-10H,16H2,1H3. The van der Waals surface area contributed by atoms with Crippen LogP contribution in [0.2, 0.25) is 0 Å². The summed E-state index contributed by atoms with van der Waals surface area (Å²) in [6.45, 7) is 1.96. The molecule has 2 N–H and O–H groups in total. The second-order valence-electron chi connectivity index (χ2n) is 4.47. The van der Waals surface area contributed by atoms with Gasteiger partial charge in [-0.15, -0.1) is 0 Å². The zero-order valence-corrected chi connectivity index (χ0v) is 10.6. The number of nitrogens with two attached hydrogens (primary N) is 1. The molecule has 0 aliphatic carbocycles. The van der Waals surface area contributed by atoms with E-state index in [1.807, 2.05) is 55.7 Å². The van der Waals surface area contributed by atoms with Crippen LogP contribution in [0.1, 0.15) is 5.56 Å². The third-order valence-electron chi connectivity index (χ3n) is 2.94. The summed E-state index contributed by atoms with van der Waals surface area (Å²) in [5.41, 5.74) is 9.81. The molecule has 94 valence electrons. The van der Waals surface area contributed by atoms with Gasteiger partial charge >= 0.3 is 0 Å². The molecule has 0 aliphatic heterocycles. The molecular weight excluding hydrogens is 236 g/mol. The first-order valence-corrected chi connectivity index (χ1v) is 6.06. The Morgan fingerprint density at radius 1 is 1.05 bits per heavy atom. The lowest BCUT2D eigenvalue weighted by molar-refractivity contribution is 0.848. The summed E-state index contributed by atoms with van der Waals surface area (Å²) in [7, 11) is 0. The second-order valence-corrected chi connectivity index (χ2v) is 4.47. The molecule has 0 bridgehead atoms. The molecule has 1 aromatic carbocycles. The Balaban J connectivity index is 2.02. The molecule has 0 amide bonds. The maximum atomic E-state index is 5.98. The van der Waals surface area contributed by atoms with E-state index in [0.717, 1.165) is 16.7 Å². The summed E-state index contributed by atoms with van der Waals surface area (Å²) in [6, 6.07) is 12.0. The SMILES string of the molecule is Cc1cnc(-n2cc(-c3ccccc3)cn2)c(N)c1. The summed E-state index contributed by atoms with van der Waals surface area (Å²) >= 11 is 0. The maximum Gasteiger partial charge on any atom is 0.176 e. The van der Waals surface area contributed by atoms with Crippen LogP contribution < -0.4 is 5.73 Å².